The summed E-state index contributed by atoms with van der Waals surface area (Å²) in [4.78, 5) is 17.4. The fourth-order valence-electron chi connectivity index (χ4n) is 6.97. The van der Waals surface area contributed by atoms with Gasteiger partial charge in [0.25, 0.3) is 0 Å². The highest BCUT2D eigenvalue weighted by Crippen LogP contribution is 2.53. The number of anilines is 2. The molecular weight excluding hydrogens is 552 g/mol. The van der Waals surface area contributed by atoms with Crippen LogP contribution in [0, 0.1) is 6.92 Å². The topological polar surface area (TPSA) is 55.1 Å². The standard InChI is InChI=1S/C40H28N4O/c1-25-23-35-31(24-30(25)40-42-38(26-13-5-2-6-14-26)41-39(43-40)27-15-7-3-8-16-27)37-34(45-35)22-21-33-36(37)29-19-11-12-20-32(29)44(33)28-17-9-4-10-18-28/h2-24,33,36H,1H3. The zero-order chi connectivity index (χ0) is 29.9. The van der Waals surface area contributed by atoms with Gasteiger partial charge < -0.3 is 9.32 Å². The number of nitrogens with zero attached hydrogens (tertiary/aromatic N) is 4. The Labute approximate surface area is 261 Å². The molecule has 2 aromatic heterocycles. The van der Waals surface area contributed by atoms with Crippen LogP contribution >= 0.6 is 0 Å². The summed E-state index contributed by atoms with van der Waals surface area (Å²) in [6, 6.07) is 44.1. The van der Waals surface area contributed by atoms with Crippen molar-refractivity contribution in [2.24, 2.45) is 0 Å². The first-order valence-corrected chi connectivity index (χ1v) is 15.3. The maximum Gasteiger partial charge on any atom is 0.164 e. The lowest BCUT2D eigenvalue weighted by Crippen LogP contribution is -2.30. The van der Waals surface area contributed by atoms with Crippen LogP contribution in [0.2, 0.25) is 0 Å². The van der Waals surface area contributed by atoms with E-state index >= 15 is 0 Å². The number of aryl methyl sites for hydroxylation is 1. The van der Waals surface area contributed by atoms with Gasteiger partial charge in [-0.05, 0) is 54.5 Å². The molecule has 45 heavy (non-hydrogen) atoms. The van der Waals surface area contributed by atoms with Crippen LogP contribution in [0.5, 0.6) is 0 Å². The van der Waals surface area contributed by atoms with E-state index in [0.717, 1.165) is 39.0 Å². The molecule has 2 unspecified atom stereocenters. The molecule has 9 rings (SSSR count). The van der Waals surface area contributed by atoms with Crippen LogP contribution in [0.4, 0.5) is 11.4 Å². The first kappa shape index (κ1) is 25.7. The molecule has 0 saturated carbocycles. The van der Waals surface area contributed by atoms with Crippen LogP contribution in [0.3, 0.4) is 0 Å². The second kappa shape index (κ2) is 10.1. The molecule has 5 heteroatoms. The number of hydrogen-bond acceptors (Lipinski definition) is 5. The van der Waals surface area contributed by atoms with Crippen molar-refractivity contribution in [3.05, 3.63) is 156 Å². The minimum Gasteiger partial charge on any atom is -0.456 e. The highest BCUT2D eigenvalue weighted by molar-refractivity contribution is 5.93. The van der Waals surface area contributed by atoms with E-state index in [9.17, 15) is 0 Å². The van der Waals surface area contributed by atoms with E-state index in [1.807, 2.05) is 60.7 Å². The second-order valence-electron chi connectivity index (χ2n) is 11.7. The van der Waals surface area contributed by atoms with Gasteiger partial charge in [-0.15, -0.1) is 0 Å². The Morgan fingerprint density at radius 2 is 1.24 bits per heavy atom. The number of benzene rings is 5. The SMILES string of the molecule is Cc1cc2oc3c(c2cc1-c1nc(-c2ccccc2)nc(-c2ccccc2)n1)C1c2ccccc2N(c2ccccc2)C1C=C3. The van der Waals surface area contributed by atoms with E-state index < -0.39 is 0 Å². The molecule has 5 nitrogen and oxygen atoms in total. The zero-order valence-electron chi connectivity index (χ0n) is 24.6. The van der Waals surface area contributed by atoms with Crippen LogP contribution in [-0.2, 0) is 0 Å². The summed E-state index contributed by atoms with van der Waals surface area (Å²) in [5, 5.41) is 1.09. The molecule has 2 aliphatic rings. The summed E-state index contributed by atoms with van der Waals surface area (Å²) in [7, 11) is 0. The van der Waals surface area contributed by atoms with Crippen molar-refractivity contribution in [3.8, 4) is 34.2 Å². The average Bonchev–Trinajstić information content (AvgIpc) is 3.63. The normalized spacial score (nSPS) is 16.4. The number of furan rings is 1. The Bertz CT molecular complexity index is 2180. The van der Waals surface area contributed by atoms with Gasteiger partial charge in [0.2, 0.25) is 0 Å². The summed E-state index contributed by atoms with van der Waals surface area (Å²) in [6.07, 6.45) is 4.44. The molecule has 1 aliphatic heterocycles. The Balaban J connectivity index is 1.24. The average molecular weight is 581 g/mol. The Morgan fingerprint density at radius 1 is 0.644 bits per heavy atom. The van der Waals surface area contributed by atoms with Gasteiger partial charge in [0.05, 0.1) is 6.04 Å². The van der Waals surface area contributed by atoms with E-state index in [1.165, 1.54) is 22.5 Å². The number of hydrogen-bond donors (Lipinski definition) is 0. The molecule has 0 N–H and O–H groups in total. The summed E-state index contributed by atoms with van der Waals surface area (Å²) < 4.78 is 6.55. The third-order valence-corrected chi connectivity index (χ3v) is 9.00. The largest absolute Gasteiger partial charge is 0.456 e. The molecule has 0 bridgehead atoms. The number of fused-ring (bicyclic) bond motifs is 7. The van der Waals surface area contributed by atoms with Crippen LogP contribution in [0.1, 0.15) is 28.4 Å². The van der Waals surface area contributed by atoms with Crippen molar-refractivity contribution in [3.63, 3.8) is 0 Å². The van der Waals surface area contributed by atoms with Crippen molar-refractivity contribution in [1.82, 2.24) is 15.0 Å². The molecule has 0 spiro atoms. The molecule has 0 fully saturated rings. The molecule has 0 saturated heterocycles. The van der Waals surface area contributed by atoms with Gasteiger partial charge in [0.1, 0.15) is 11.3 Å². The van der Waals surface area contributed by atoms with E-state index in [2.05, 4.69) is 90.7 Å². The van der Waals surface area contributed by atoms with Gasteiger partial charge in [-0.1, -0.05) is 103 Å². The van der Waals surface area contributed by atoms with E-state index in [-0.39, 0.29) is 12.0 Å². The highest BCUT2D eigenvalue weighted by atomic mass is 16.3. The molecule has 3 heterocycles. The van der Waals surface area contributed by atoms with Gasteiger partial charge >= 0.3 is 0 Å². The highest BCUT2D eigenvalue weighted by Gasteiger charge is 2.43. The molecule has 0 amide bonds. The number of para-hydroxylation sites is 2. The van der Waals surface area contributed by atoms with E-state index in [1.54, 1.807) is 0 Å². The van der Waals surface area contributed by atoms with Gasteiger partial charge in [0, 0.05) is 44.9 Å². The van der Waals surface area contributed by atoms with Crippen LogP contribution in [0.25, 0.3) is 51.2 Å². The molecule has 214 valence electrons. The van der Waals surface area contributed by atoms with Crippen LogP contribution in [-0.4, -0.2) is 21.0 Å². The Hall–Kier alpha value is -5.81. The van der Waals surface area contributed by atoms with E-state index in [4.69, 9.17) is 19.4 Å². The molecule has 0 radical (unpaired) electrons. The predicted octanol–water partition coefficient (Wildman–Crippen LogP) is 9.61. The van der Waals surface area contributed by atoms with Crippen molar-refractivity contribution in [1.29, 1.82) is 0 Å². The maximum atomic E-state index is 6.55. The monoisotopic (exact) mass is 580 g/mol. The molecule has 1 aliphatic carbocycles. The Morgan fingerprint density at radius 3 is 1.93 bits per heavy atom. The van der Waals surface area contributed by atoms with Crippen LogP contribution < -0.4 is 4.90 Å². The lowest BCUT2D eigenvalue weighted by Gasteiger charge is -2.30. The fourth-order valence-corrected chi connectivity index (χ4v) is 6.97. The van der Waals surface area contributed by atoms with Gasteiger partial charge in [-0.3, -0.25) is 0 Å². The molecule has 5 aromatic carbocycles. The summed E-state index contributed by atoms with van der Waals surface area (Å²) in [5.74, 6) is 2.99. The number of rotatable bonds is 4. The van der Waals surface area contributed by atoms with Gasteiger partial charge in [-0.2, -0.15) is 0 Å². The van der Waals surface area contributed by atoms with Crippen molar-refractivity contribution in [2.75, 3.05) is 4.90 Å². The van der Waals surface area contributed by atoms with Crippen LogP contribution in [0.15, 0.2) is 138 Å². The maximum absolute atomic E-state index is 6.55. The minimum atomic E-state index is 0.122. The molecule has 2 atom stereocenters. The van der Waals surface area contributed by atoms with Crippen molar-refractivity contribution < 1.29 is 4.42 Å². The predicted molar refractivity (Wildman–Crippen MR) is 180 cm³/mol. The summed E-state index contributed by atoms with van der Waals surface area (Å²) >= 11 is 0. The quantitative estimate of drug-likeness (QED) is 0.207. The summed E-state index contributed by atoms with van der Waals surface area (Å²) in [5.41, 5.74) is 9.74. The first-order valence-electron chi connectivity index (χ1n) is 15.3. The molecular formula is C40H28N4O. The fraction of sp³-hybridized carbons (Fsp3) is 0.0750. The second-order valence-corrected chi connectivity index (χ2v) is 11.7. The zero-order valence-corrected chi connectivity index (χ0v) is 24.6. The first-order chi connectivity index (χ1) is 22.2. The lowest BCUT2D eigenvalue weighted by atomic mass is 9.82. The third-order valence-electron chi connectivity index (χ3n) is 9.00. The number of aromatic nitrogens is 3. The van der Waals surface area contributed by atoms with Crippen molar-refractivity contribution in [2.45, 2.75) is 18.9 Å². The smallest absolute Gasteiger partial charge is 0.164 e. The van der Waals surface area contributed by atoms with Gasteiger partial charge in [0.15, 0.2) is 17.5 Å². The van der Waals surface area contributed by atoms with Crippen molar-refractivity contribution >= 4 is 28.4 Å². The van der Waals surface area contributed by atoms with E-state index in [0.29, 0.717) is 17.5 Å². The summed E-state index contributed by atoms with van der Waals surface area (Å²) in [6.45, 7) is 2.10. The molecule has 7 aromatic rings. The Kier molecular flexibility index (Phi) is 5.78. The van der Waals surface area contributed by atoms with Gasteiger partial charge in [-0.25, -0.2) is 15.0 Å². The minimum absolute atomic E-state index is 0.122. The third kappa shape index (κ3) is 4.12. The lowest BCUT2D eigenvalue weighted by molar-refractivity contribution is 0.584.